The van der Waals surface area contributed by atoms with Crippen molar-refractivity contribution in [3.8, 4) is 0 Å². The van der Waals surface area contributed by atoms with Gasteiger partial charge in [-0.3, -0.25) is 0 Å². The monoisotopic (exact) mass is 286 g/mol. The summed E-state index contributed by atoms with van der Waals surface area (Å²) < 4.78 is 0. The lowest BCUT2D eigenvalue weighted by Crippen LogP contribution is -2.30. The van der Waals surface area contributed by atoms with Crippen LogP contribution in [0.15, 0.2) is 30.3 Å². The fourth-order valence-corrected chi connectivity index (χ4v) is 2.59. The van der Waals surface area contributed by atoms with E-state index in [1.165, 1.54) is 0 Å². The smallest absolute Gasteiger partial charge is 0.336 e. The first kappa shape index (κ1) is 15.3. The molecule has 4 nitrogen and oxygen atoms in total. The van der Waals surface area contributed by atoms with Gasteiger partial charge in [-0.15, -0.1) is 0 Å². The topological polar surface area (TPSA) is 53.4 Å². The van der Waals surface area contributed by atoms with E-state index in [4.69, 9.17) is 0 Å². The molecule has 0 aliphatic rings. The number of nitrogens with zero attached hydrogens (tertiary/aromatic N) is 2. The molecular formula is C17H22N2O2. The summed E-state index contributed by atoms with van der Waals surface area (Å²) in [4.78, 5) is 18.0. The first-order valence-corrected chi connectivity index (χ1v) is 7.26. The van der Waals surface area contributed by atoms with Gasteiger partial charge in [0.15, 0.2) is 0 Å². The summed E-state index contributed by atoms with van der Waals surface area (Å²) in [5, 5.41) is 9.89. The van der Waals surface area contributed by atoms with Crippen LogP contribution in [0.4, 0.5) is 5.82 Å². The molecule has 112 valence electrons. The molecule has 21 heavy (non-hydrogen) atoms. The fraction of sp³-hybridized carbons (Fsp3) is 0.412. The van der Waals surface area contributed by atoms with Crippen LogP contribution in [0.3, 0.4) is 0 Å². The average Bonchev–Trinajstić information content (AvgIpc) is 2.44. The van der Waals surface area contributed by atoms with Gasteiger partial charge >= 0.3 is 5.97 Å². The van der Waals surface area contributed by atoms with E-state index in [-0.39, 0.29) is 0 Å². The number of hydrogen-bond donors (Lipinski definition) is 1. The van der Waals surface area contributed by atoms with Gasteiger partial charge in [0.2, 0.25) is 0 Å². The zero-order valence-electron chi connectivity index (χ0n) is 13.0. The molecule has 2 rings (SSSR count). The van der Waals surface area contributed by atoms with E-state index in [9.17, 15) is 9.90 Å². The number of fused-ring (bicyclic) bond motifs is 1. The van der Waals surface area contributed by atoms with Crippen molar-refractivity contribution in [2.45, 2.75) is 33.2 Å². The molecule has 1 aromatic heterocycles. The third-order valence-electron chi connectivity index (χ3n) is 3.78. The second-order valence-electron chi connectivity index (χ2n) is 5.94. The summed E-state index contributed by atoms with van der Waals surface area (Å²) in [6.07, 6.45) is 1.09. The van der Waals surface area contributed by atoms with Crippen molar-refractivity contribution < 1.29 is 9.90 Å². The molecule has 0 fully saturated rings. The van der Waals surface area contributed by atoms with E-state index < -0.39 is 5.97 Å². The molecule has 0 bridgehead atoms. The number of benzene rings is 1. The molecule has 1 atom stereocenters. The Bertz CT molecular complexity index is 652. The van der Waals surface area contributed by atoms with Crippen LogP contribution in [-0.2, 0) is 0 Å². The minimum absolute atomic E-state index is 0.296. The number of aromatic nitrogens is 1. The molecular weight excluding hydrogens is 264 g/mol. The number of hydrogen-bond acceptors (Lipinski definition) is 3. The molecule has 4 heteroatoms. The van der Waals surface area contributed by atoms with Crippen molar-refractivity contribution in [1.29, 1.82) is 0 Å². The van der Waals surface area contributed by atoms with Gasteiger partial charge in [0, 0.05) is 18.5 Å². The molecule has 2 aromatic rings. The highest BCUT2D eigenvalue weighted by atomic mass is 16.4. The Kier molecular flexibility index (Phi) is 4.46. The second kappa shape index (κ2) is 6.12. The molecule has 0 amide bonds. The molecule has 1 heterocycles. The highest BCUT2D eigenvalue weighted by Gasteiger charge is 2.14. The molecule has 0 spiro atoms. The highest BCUT2D eigenvalue weighted by Crippen LogP contribution is 2.23. The SMILES string of the molecule is CC(C)CC(C)N(C)c1ccc2c(C(=O)O)cccc2n1. The number of carboxylic acid groups (broad SMARTS) is 1. The van der Waals surface area contributed by atoms with E-state index in [1.54, 1.807) is 12.1 Å². The van der Waals surface area contributed by atoms with Crippen LogP contribution in [0.1, 0.15) is 37.6 Å². The number of carbonyl (C=O) groups is 1. The van der Waals surface area contributed by atoms with Gasteiger partial charge in [-0.2, -0.15) is 0 Å². The van der Waals surface area contributed by atoms with Crippen LogP contribution in [0.5, 0.6) is 0 Å². The van der Waals surface area contributed by atoms with Crippen molar-refractivity contribution in [3.63, 3.8) is 0 Å². The van der Waals surface area contributed by atoms with E-state index in [1.807, 2.05) is 25.2 Å². The van der Waals surface area contributed by atoms with Crippen LogP contribution >= 0.6 is 0 Å². The number of anilines is 1. The lowest BCUT2D eigenvalue weighted by molar-refractivity contribution is 0.0699. The highest BCUT2D eigenvalue weighted by molar-refractivity contribution is 6.02. The summed E-state index contributed by atoms with van der Waals surface area (Å²) in [5.41, 5.74) is 1.01. The van der Waals surface area contributed by atoms with E-state index in [2.05, 4.69) is 30.7 Å². The van der Waals surface area contributed by atoms with Crippen LogP contribution in [0.2, 0.25) is 0 Å². The Labute approximate surface area is 125 Å². The lowest BCUT2D eigenvalue weighted by atomic mass is 10.0. The summed E-state index contributed by atoms with van der Waals surface area (Å²) in [6.45, 7) is 6.59. The molecule has 0 aliphatic heterocycles. The third-order valence-corrected chi connectivity index (χ3v) is 3.78. The summed E-state index contributed by atoms with van der Waals surface area (Å²) in [5.74, 6) is 0.580. The van der Waals surface area contributed by atoms with Gasteiger partial charge in [-0.25, -0.2) is 9.78 Å². The van der Waals surface area contributed by atoms with E-state index in [0.29, 0.717) is 22.9 Å². The molecule has 1 aromatic carbocycles. The second-order valence-corrected chi connectivity index (χ2v) is 5.94. The Balaban J connectivity index is 2.37. The maximum absolute atomic E-state index is 11.2. The zero-order valence-corrected chi connectivity index (χ0v) is 13.0. The Morgan fingerprint density at radius 3 is 2.57 bits per heavy atom. The Hall–Kier alpha value is -2.10. The molecule has 0 aliphatic carbocycles. The minimum Gasteiger partial charge on any atom is -0.478 e. The zero-order chi connectivity index (χ0) is 15.6. The van der Waals surface area contributed by atoms with E-state index >= 15 is 0 Å². The predicted octanol–water partition coefficient (Wildman–Crippen LogP) is 3.80. The van der Waals surface area contributed by atoms with Crippen molar-refractivity contribution in [2.24, 2.45) is 5.92 Å². The maximum atomic E-state index is 11.2. The van der Waals surface area contributed by atoms with Crippen LogP contribution in [0.25, 0.3) is 10.9 Å². The van der Waals surface area contributed by atoms with E-state index in [0.717, 1.165) is 17.8 Å². The van der Waals surface area contributed by atoms with Crippen molar-refractivity contribution in [1.82, 2.24) is 4.98 Å². The molecule has 1 N–H and O–H groups in total. The van der Waals surface area contributed by atoms with Gasteiger partial charge in [-0.1, -0.05) is 19.9 Å². The van der Waals surface area contributed by atoms with Crippen molar-refractivity contribution >= 4 is 22.7 Å². The first-order valence-electron chi connectivity index (χ1n) is 7.26. The van der Waals surface area contributed by atoms with Crippen LogP contribution in [-0.4, -0.2) is 29.1 Å². The van der Waals surface area contributed by atoms with Crippen molar-refractivity contribution in [2.75, 3.05) is 11.9 Å². The van der Waals surface area contributed by atoms with Crippen LogP contribution < -0.4 is 4.90 Å². The number of pyridine rings is 1. The van der Waals surface area contributed by atoms with Gasteiger partial charge in [0.1, 0.15) is 5.82 Å². The Morgan fingerprint density at radius 2 is 1.95 bits per heavy atom. The summed E-state index contributed by atoms with van der Waals surface area (Å²) in [6, 6.07) is 9.33. The predicted molar refractivity (Wildman–Crippen MR) is 86.0 cm³/mol. The summed E-state index contributed by atoms with van der Waals surface area (Å²) in [7, 11) is 2.03. The minimum atomic E-state index is -0.920. The number of carboxylic acids is 1. The first-order chi connectivity index (χ1) is 9.90. The summed E-state index contributed by atoms with van der Waals surface area (Å²) >= 11 is 0. The third kappa shape index (κ3) is 3.32. The molecule has 0 radical (unpaired) electrons. The molecule has 0 saturated heterocycles. The van der Waals surface area contributed by atoms with Gasteiger partial charge in [0.05, 0.1) is 11.1 Å². The Morgan fingerprint density at radius 1 is 1.24 bits per heavy atom. The molecule has 1 unspecified atom stereocenters. The maximum Gasteiger partial charge on any atom is 0.336 e. The van der Waals surface area contributed by atoms with Gasteiger partial charge in [-0.05, 0) is 43.5 Å². The van der Waals surface area contributed by atoms with Crippen molar-refractivity contribution in [3.05, 3.63) is 35.9 Å². The van der Waals surface area contributed by atoms with Gasteiger partial charge in [0.25, 0.3) is 0 Å². The fourth-order valence-electron chi connectivity index (χ4n) is 2.59. The quantitative estimate of drug-likeness (QED) is 0.908. The largest absolute Gasteiger partial charge is 0.478 e. The average molecular weight is 286 g/mol. The number of rotatable bonds is 5. The lowest BCUT2D eigenvalue weighted by Gasteiger charge is -2.27. The van der Waals surface area contributed by atoms with Crippen LogP contribution in [0, 0.1) is 5.92 Å². The molecule has 0 saturated carbocycles. The van der Waals surface area contributed by atoms with Gasteiger partial charge < -0.3 is 10.0 Å². The standard InChI is InChI=1S/C17H22N2O2/c1-11(2)10-12(3)19(4)16-9-8-13-14(17(20)21)6-5-7-15(13)18-16/h5-9,11-12H,10H2,1-4H3,(H,20,21). The number of aromatic carboxylic acids is 1. The normalized spacial score (nSPS) is 12.6.